The number of rotatable bonds is 11. The Morgan fingerprint density at radius 2 is 1.53 bits per heavy atom. The Bertz CT molecular complexity index is 775. The predicted molar refractivity (Wildman–Crippen MR) is 120 cm³/mol. The fourth-order valence-corrected chi connectivity index (χ4v) is 3.22. The number of benzene rings is 2. The summed E-state index contributed by atoms with van der Waals surface area (Å²) in [4.78, 5) is 28.1. The van der Waals surface area contributed by atoms with E-state index in [1.807, 2.05) is 88.4 Å². The Hall–Kier alpha value is -2.66. The van der Waals surface area contributed by atoms with Crippen LogP contribution in [0.4, 0.5) is 0 Å². The summed E-state index contributed by atoms with van der Waals surface area (Å²) in [6.45, 7) is 9.18. The minimum atomic E-state index is -0.688. The molecule has 0 fully saturated rings. The van der Waals surface area contributed by atoms with Crippen LogP contribution in [0.1, 0.15) is 51.3 Å². The highest BCUT2D eigenvalue weighted by Crippen LogP contribution is 2.25. The summed E-state index contributed by atoms with van der Waals surface area (Å²) in [5, 5.41) is 3.00. The zero-order valence-electron chi connectivity index (χ0n) is 18.5. The average Bonchev–Trinajstić information content (AvgIpc) is 2.73. The molecule has 0 aromatic heterocycles. The number of nitrogens with zero attached hydrogens (tertiary/aromatic N) is 1. The summed E-state index contributed by atoms with van der Waals surface area (Å²) >= 11 is 0. The number of hydrogen-bond acceptors (Lipinski definition) is 3. The van der Waals surface area contributed by atoms with Gasteiger partial charge in [0.1, 0.15) is 6.04 Å². The van der Waals surface area contributed by atoms with Gasteiger partial charge in [-0.1, -0.05) is 74.5 Å². The molecule has 0 aliphatic carbocycles. The van der Waals surface area contributed by atoms with E-state index in [1.165, 1.54) is 0 Å². The number of nitrogens with one attached hydrogen (secondary N) is 1. The van der Waals surface area contributed by atoms with Crippen molar-refractivity contribution in [2.24, 2.45) is 5.92 Å². The average molecular weight is 411 g/mol. The zero-order chi connectivity index (χ0) is 21.9. The summed E-state index contributed by atoms with van der Waals surface area (Å²) in [7, 11) is 0. The van der Waals surface area contributed by atoms with Gasteiger partial charge in [0.2, 0.25) is 11.8 Å². The van der Waals surface area contributed by atoms with E-state index in [-0.39, 0.29) is 23.8 Å². The number of hydrogen-bond donors (Lipinski definition) is 1. The third-order valence-electron chi connectivity index (χ3n) is 4.72. The molecule has 2 aromatic rings. The molecule has 0 unspecified atom stereocenters. The van der Waals surface area contributed by atoms with Crippen molar-refractivity contribution in [1.82, 2.24) is 10.2 Å². The Morgan fingerprint density at radius 1 is 0.933 bits per heavy atom. The van der Waals surface area contributed by atoms with Crippen LogP contribution in [0.5, 0.6) is 0 Å². The molecule has 0 radical (unpaired) electrons. The number of carbonyl (C=O) groups excluding carboxylic acids is 2. The lowest BCUT2D eigenvalue weighted by Gasteiger charge is -2.33. The molecule has 2 rings (SSSR count). The van der Waals surface area contributed by atoms with Gasteiger partial charge in [-0.05, 0) is 31.4 Å². The van der Waals surface area contributed by atoms with E-state index in [1.54, 1.807) is 4.90 Å². The molecule has 5 nitrogen and oxygen atoms in total. The second kappa shape index (κ2) is 12.1. The Morgan fingerprint density at radius 3 is 2.10 bits per heavy atom. The van der Waals surface area contributed by atoms with E-state index < -0.39 is 6.04 Å². The first kappa shape index (κ1) is 23.6. The molecular weight excluding hydrogens is 376 g/mol. The molecule has 162 valence electrons. The monoisotopic (exact) mass is 410 g/mol. The van der Waals surface area contributed by atoms with Gasteiger partial charge in [-0.3, -0.25) is 9.59 Å². The standard InChI is InChI=1S/C25H34N2O3/c1-19(2)25(29)27(18-21-12-7-5-8-13-21)23(22-14-9-6-10-15-22)24(28)26-16-11-17-30-20(3)4/h5-10,12-15,19-20,23H,11,16-18H2,1-4H3,(H,26,28)/t23-/m0/s1. The van der Waals surface area contributed by atoms with E-state index in [2.05, 4.69) is 5.32 Å². The maximum Gasteiger partial charge on any atom is 0.247 e. The van der Waals surface area contributed by atoms with E-state index in [0.717, 1.165) is 17.5 Å². The summed E-state index contributed by atoms with van der Waals surface area (Å²) in [6, 6.07) is 18.6. The predicted octanol–water partition coefficient (Wildman–Crippen LogP) is 4.34. The number of amides is 2. The van der Waals surface area contributed by atoms with Crippen molar-refractivity contribution in [1.29, 1.82) is 0 Å². The van der Waals surface area contributed by atoms with E-state index in [0.29, 0.717) is 19.7 Å². The largest absolute Gasteiger partial charge is 0.379 e. The van der Waals surface area contributed by atoms with E-state index in [9.17, 15) is 9.59 Å². The second-order valence-corrected chi connectivity index (χ2v) is 7.98. The molecule has 1 N–H and O–H groups in total. The highest BCUT2D eigenvalue weighted by Gasteiger charge is 2.32. The Balaban J connectivity index is 2.25. The summed E-state index contributed by atoms with van der Waals surface area (Å²) in [6.07, 6.45) is 0.894. The topological polar surface area (TPSA) is 58.6 Å². The van der Waals surface area contributed by atoms with Gasteiger partial charge in [-0.2, -0.15) is 0 Å². The molecule has 0 saturated carbocycles. The van der Waals surface area contributed by atoms with Gasteiger partial charge in [-0.15, -0.1) is 0 Å². The van der Waals surface area contributed by atoms with Crippen molar-refractivity contribution >= 4 is 11.8 Å². The summed E-state index contributed by atoms with van der Waals surface area (Å²) in [5.74, 6) is -0.436. The van der Waals surface area contributed by atoms with Crippen molar-refractivity contribution in [3.63, 3.8) is 0 Å². The quantitative estimate of drug-likeness (QED) is 0.561. The molecule has 5 heteroatoms. The first-order valence-electron chi connectivity index (χ1n) is 10.7. The van der Waals surface area contributed by atoms with Gasteiger partial charge in [0.15, 0.2) is 0 Å². The third-order valence-corrected chi connectivity index (χ3v) is 4.72. The molecular formula is C25H34N2O3. The van der Waals surface area contributed by atoms with Gasteiger partial charge in [0.05, 0.1) is 6.10 Å². The molecule has 2 aromatic carbocycles. The molecule has 0 heterocycles. The van der Waals surface area contributed by atoms with Crippen LogP contribution < -0.4 is 5.32 Å². The zero-order valence-corrected chi connectivity index (χ0v) is 18.5. The molecule has 2 amide bonds. The van der Waals surface area contributed by atoms with Gasteiger partial charge >= 0.3 is 0 Å². The highest BCUT2D eigenvalue weighted by atomic mass is 16.5. The second-order valence-electron chi connectivity index (χ2n) is 7.98. The van der Waals surface area contributed by atoms with Crippen LogP contribution >= 0.6 is 0 Å². The minimum absolute atomic E-state index is 0.0500. The normalized spacial score (nSPS) is 12.1. The van der Waals surface area contributed by atoms with Crippen LogP contribution in [-0.4, -0.2) is 36.0 Å². The lowest BCUT2D eigenvalue weighted by molar-refractivity contribution is -0.144. The maximum absolute atomic E-state index is 13.3. The molecule has 1 atom stereocenters. The molecule has 0 bridgehead atoms. The van der Waals surface area contributed by atoms with Crippen molar-refractivity contribution in [3.8, 4) is 0 Å². The van der Waals surface area contributed by atoms with Crippen LogP contribution in [0, 0.1) is 5.92 Å². The number of carbonyl (C=O) groups is 2. The van der Waals surface area contributed by atoms with Crippen molar-refractivity contribution in [3.05, 3.63) is 71.8 Å². The summed E-state index contributed by atoms with van der Waals surface area (Å²) in [5.41, 5.74) is 1.80. The van der Waals surface area contributed by atoms with Crippen LogP contribution in [0.25, 0.3) is 0 Å². The highest BCUT2D eigenvalue weighted by molar-refractivity contribution is 5.89. The summed E-state index contributed by atoms with van der Waals surface area (Å²) < 4.78 is 5.55. The smallest absolute Gasteiger partial charge is 0.247 e. The van der Waals surface area contributed by atoms with Crippen LogP contribution in [0.2, 0.25) is 0 Å². The molecule has 0 aliphatic rings. The minimum Gasteiger partial charge on any atom is -0.379 e. The van der Waals surface area contributed by atoms with Gasteiger partial charge in [0, 0.05) is 25.6 Å². The number of ether oxygens (including phenoxy) is 1. The third kappa shape index (κ3) is 7.30. The first-order chi connectivity index (χ1) is 14.4. The fourth-order valence-electron chi connectivity index (χ4n) is 3.22. The van der Waals surface area contributed by atoms with Crippen LogP contribution in [-0.2, 0) is 20.9 Å². The van der Waals surface area contributed by atoms with Crippen LogP contribution in [0.15, 0.2) is 60.7 Å². The van der Waals surface area contributed by atoms with Crippen molar-refractivity contribution in [2.75, 3.05) is 13.2 Å². The Kier molecular flexibility index (Phi) is 9.55. The van der Waals surface area contributed by atoms with Gasteiger partial charge in [-0.25, -0.2) is 0 Å². The van der Waals surface area contributed by atoms with Crippen LogP contribution in [0.3, 0.4) is 0 Å². The molecule has 0 aliphatic heterocycles. The molecule has 30 heavy (non-hydrogen) atoms. The maximum atomic E-state index is 13.3. The first-order valence-corrected chi connectivity index (χ1v) is 10.7. The van der Waals surface area contributed by atoms with Crippen molar-refractivity contribution in [2.45, 2.75) is 52.8 Å². The van der Waals surface area contributed by atoms with E-state index in [4.69, 9.17) is 4.74 Å². The van der Waals surface area contributed by atoms with Crippen molar-refractivity contribution < 1.29 is 14.3 Å². The molecule has 0 spiro atoms. The van der Waals surface area contributed by atoms with E-state index >= 15 is 0 Å². The van der Waals surface area contributed by atoms with Gasteiger partial charge < -0.3 is 15.0 Å². The lowest BCUT2D eigenvalue weighted by atomic mass is 10.0. The Labute approximate surface area is 180 Å². The fraction of sp³-hybridized carbons (Fsp3) is 0.440. The lowest BCUT2D eigenvalue weighted by Crippen LogP contribution is -2.45. The molecule has 0 saturated heterocycles. The SMILES string of the molecule is CC(C)OCCCNC(=O)[C@H](c1ccccc1)N(Cc1ccccc1)C(=O)C(C)C. The van der Waals surface area contributed by atoms with Gasteiger partial charge in [0.25, 0.3) is 0 Å².